The number of sulfonamides is 1. The Hall–Kier alpha value is -1.46. The maximum Gasteiger partial charge on any atom is 0.276 e. The molecule has 2 heterocycles. The molecule has 1 aliphatic heterocycles. The fourth-order valence-corrected chi connectivity index (χ4v) is 5.02. The second kappa shape index (κ2) is 9.16. The molecular formula is C17H23N3O5S2. The molecule has 8 nitrogen and oxygen atoms in total. The van der Waals surface area contributed by atoms with Crippen LogP contribution in [-0.2, 0) is 19.5 Å². The van der Waals surface area contributed by atoms with E-state index in [-0.39, 0.29) is 11.0 Å². The van der Waals surface area contributed by atoms with E-state index >= 15 is 0 Å². The number of aromatic nitrogens is 2. The summed E-state index contributed by atoms with van der Waals surface area (Å²) in [5, 5.41) is 8.51. The Kier molecular flexibility index (Phi) is 6.88. The molecule has 1 aromatic heterocycles. The SMILES string of the molecule is CCN(CC)S(=O)(=O)c1cccc(-c2nnc(SC[C@H]3CCOCO3)o2)c1. The topological polar surface area (TPSA) is 94.8 Å². The molecule has 1 fully saturated rings. The summed E-state index contributed by atoms with van der Waals surface area (Å²) in [6, 6.07) is 6.58. The van der Waals surface area contributed by atoms with E-state index in [1.807, 2.05) is 13.8 Å². The van der Waals surface area contributed by atoms with Gasteiger partial charge in [0.05, 0.1) is 17.6 Å². The highest BCUT2D eigenvalue weighted by molar-refractivity contribution is 7.99. The molecule has 0 unspecified atom stereocenters. The van der Waals surface area contributed by atoms with Crippen LogP contribution in [0.3, 0.4) is 0 Å². The molecule has 1 atom stereocenters. The van der Waals surface area contributed by atoms with Gasteiger partial charge in [-0.25, -0.2) is 8.42 Å². The van der Waals surface area contributed by atoms with Gasteiger partial charge < -0.3 is 13.9 Å². The largest absolute Gasteiger partial charge is 0.411 e. The molecule has 0 saturated carbocycles. The van der Waals surface area contributed by atoms with Crippen LogP contribution in [0.25, 0.3) is 11.5 Å². The first-order valence-corrected chi connectivity index (χ1v) is 11.2. The van der Waals surface area contributed by atoms with Gasteiger partial charge in [-0.1, -0.05) is 31.7 Å². The minimum atomic E-state index is -3.54. The standard InChI is InChI=1S/C17H23N3O5S2/c1-3-20(4-2)27(21,22)15-7-5-6-13(10-15)16-18-19-17(25-16)26-11-14-8-9-23-12-24-14/h5-7,10,14H,3-4,8-9,11-12H2,1-2H3/t14-/m1/s1. The summed E-state index contributed by atoms with van der Waals surface area (Å²) in [5.41, 5.74) is 0.574. The summed E-state index contributed by atoms with van der Waals surface area (Å²) in [7, 11) is -3.54. The molecule has 148 valence electrons. The first-order chi connectivity index (χ1) is 13.0. The first kappa shape index (κ1) is 20.3. The fourth-order valence-electron chi connectivity index (χ4n) is 2.68. The van der Waals surface area contributed by atoms with Crippen LogP contribution in [0, 0.1) is 0 Å². The third-order valence-corrected chi connectivity index (χ3v) is 7.19. The van der Waals surface area contributed by atoms with Gasteiger partial charge in [0.2, 0.25) is 15.9 Å². The lowest BCUT2D eigenvalue weighted by Gasteiger charge is -2.21. The van der Waals surface area contributed by atoms with Crippen LogP contribution in [0.5, 0.6) is 0 Å². The summed E-state index contributed by atoms with van der Waals surface area (Å²) in [6.07, 6.45) is 0.931. The minimum absolute atomic E-state index is 0.0987. The Balaban J connectivity index is 1.73. The van der Waals surface area contributed by atoms with Crippen molar-refractivity contribution in [2.45, 2.75) is 36.5 Å². The van der Waals surface area contributed by atoms with Crippen LogP contribution >= 0.6 is 11.8 Å². The first-order valence-electron chi connectivity index (χ1n) is 8.80. The van der Waals surface area contributed by atoms with Crippen molar-refractivity contribution in [1.29, 1.82) is 0 Å². The van der Waals surface area contributed by atoms with Crippen molar-refractivity contribution in [3.8, 4) is 11.5 Å². The predicted molar refractivity (Wildman–Crippen MR) is 101 cm³/mol. The molecule has 2 aromatic rings. The smallest absolute Gasteiger partial charge is 0.276 e. The summed E-state index contributed by atoms with van der Waals surface area (Å²) in [6.45, 7) is 5.46. The molecule has 0 spiro atoms. The second-order valence-corrected chi connectivity index (χ2v) is 8.81. The molecule has 0 bridgehead atoms. The summed E-state index contributed by atoms with van der Waals surface area (Å²) in [5.74, 6) is 0.989. The molecule has 3 rings (SSSR count). The molecule has 27 heavy (non-hydrogen) atoms. The van der Waals surface area contributed by atoms with E-state index in [2.05, 4.69) is 10.2 Å². The molecule has 1 aromatic carbocycles. The van der Waals surface area contributed by atoms with E-state index < -0.39 is 10.0 Å². The van der Waals surface area contributed by atoms with Crippen molar-refractivity contribution in [2.75, 3.05) is 32.2 Å². The zero-order valence-corrected chi connectivity index (χ0v) is 17.0. The number of thioether (sulfide) groups is 1. The number of benzene rings is 1. The summed E-state index contributed by atoms with van der Waals surface area (Å²) in [4.78, 5) is 0.215. The highest BCUT2D eigenvalue weighted by atomic mass is 32.2. The van der Waals surface area contributed by atoms with Crippen molar-refractivity contribution >= 4 is 21.8 Å². The van der Waals surface area contributed by atoms with Crippen molar-refractivity contribution in [2.24, 2.45) is 0 Å². The van der Waals surface area contributed by atoms with Gasteiger partial charge in [-0.2, -0.15) is 4.31 Å². The van der Waals surface area contributed by atoms with Crippen LogP contribution in [-0.4, -0.2) is 61.3 Å². The van der Waals surface area contributed by atoms with E-state index in [0.29, 0.717) is 48.9 Å². The van der Waals surface area contributed by atoms with Gasteiger partial charge in [-0.05, 0) is 24.6 Å². The highest BCUT2D eigenvalue weighted by Crippen LogP contribution is 2.27. The van der Waals surface area contributed by atoms with Crippen molar-refractivity contribution in [3.63, 3.8) is 0 Å². The number of hydrogen-bond donors (Lipinski definition) is 0. The van der Waals surface area contributed by atoms with Gasteiger partial charge in [-0.15, -0.1) is 10.2 Å². The Bertz CT molecular complexity index is 846. The lowest BCUT2D eigenvalue weighted by atomic mass is 10.2. The number of hydrogen-bond acceptors (Lipinski definition) is 8. The third kappa shape index (κ3) is 4.88. The number of ether oxygens (including phenoxy) is 2. The van der Waals surface area contributed by atoms with E-state index in [1.165, 1.54) is 16.1 Å². The Labute approximate surface area is 163 Å². The summed E-state index contributed by atoms with van der Waals surface area (Å²) >= 11 is 1.42. The predicted octanol–water partition coefficient (Wildman–Crippen LogP) is 2.62. The van der Waals surface area contributed by atoms with E-state index in [9.17, 15) is 8.42 Å². The van der Waals surface area contributed by atoms with Crippen LogP contribution < -0.4 is 0 Å². The third-order valence-electron chi connectivity index (χ3n) is 4.19. The molecule has 0 radical (unpaired) electrons. The molecule has 0 N–H and O–H groups in total. The van der Waals surface area contributed by atoms with Gasteiger partial charge in [0.25, 0.3) is 5.22 Å². The fraction of sp³-hybridized carbons (Fsp3) is 0.529. The molecule has 0 aliphatic carbocycles. The maximum atomic E-state index is 12.7. The van der Waals surface area contributed by atoms with Gasteiger partial charge >= 0.3 is 0 Å². The van der Waals surface area contributed by atoms with E-state index in [4.69, 9.17) is 13.9 Å². The second-order valence-electron chi connectivity index (χ2n) is 5.90. The quantitative estimate of drug-likeness (QED) is 0.610. The average Bonchev–Trinajstić information content (AvgIpc) is 3.17. The monoisotopic (exact) mass is 413 g/mol. The van der Waals surface area contributed by atoms with Gasteiger partial charge in [-0.3, -0.25) is 0 Å². The maximum absolute atomic E-state index is 12.7. The van der Waals surface area contributed by atoms with Gasteiger partial charge in [0.15, 0.2) is 0 Å². The Morgan fingerprint density at radius 1 is 1.26 bits per heavy atom. The van der Waals surface area contributed by atoms with Crippen molar-refractivity contribution in [3.05, 3.63) is 24.3 Å². The molecule has 0 amide bonds. The lowest BCUT2D eigenvalue weighted by molar-refractivity contribution is -0.130. The molecule has 1 saturated heterocycles. The zero-order valence-electron chi connectivity index (χ0n) is 15.3. The summed E-state index contributed by atoms with van der Waals surface area (Å²) < 4.78 is 43.1. The average molecular weight is 414 g/mol. The van der Waals surface area contributed by atoms with Crippen LogP contribution in [0.15, 0.2) is 38.8 Å². The van der Waals surface area contributed by atoms with Crippen LogP contribution in [0.2, 0.25) is 0 Å². The van der Waals surface area contributed by atoms with Crippen LogP contribution in [0.1, 0.15) is 20.3 Å². The highest BCUT2D eigenvalue weighted by Gasteiger charge is 2.23. The Morgan fingerprint density at radius 3 is 2.78 bits per heavy atom. The van der Waals surface area contributed by atoms with Crippen molar-refractivity contribution in [1.82, 2.24) is 14.5 Å². The lowest BCUT2D eigenvalue weighted by Crippen LogP contribution is -2.30. The van der Waals surface area contributed by atoms with Crippen LogP contribution in [0.4, 0.5) is 0 Å². The molecular weight excluding hydrogens is 390 g/mol. The van der Waals surface area contributed by atoms with Gasteiger partial charge in [0.1, 0.15) is 6.79 Å². The normalized spacial score (nSPS) is 18.1. The minimum Gasteiger partial charge on any atom is -0.411 e. The number of rotatable bonds is 8. The van der Waals surface area contributed by atoms with E-state index in [0.717, 1.165) is 6.42 Å². The van der Waals surface area contributed by atoms with E-state index in [1.54, 1.807) is 24.3 Å². The zero-order chi connectivity index (χ0) is 19.3. The number of nitrogens with zero attached hydrogens (tertiary/aromatic N) is 3. The molecule has 10 heteroatoms. The molecule has 1 aliphatic rings. The van der Waals surface area contributed by atoms with Gasteiger partial charge in [0, 0.05) is 24.4 Å². The van der Waals surface area contributed by atoms with Crippen molar-refractivity contribution < 1.29 is 22.3 Å². The Morgan fingerprint density at radius 2 is 2.07 bits per heavy atom.